The van der Waals surface area contributed by atoms with E-state index < -0.39 is 0 Å². The number of halogens is 2. The predicted octanol–water partition coefficient (Wildman–Crippen LogP) is 5.23. The molecule has 0 amide bonds. The molecule has 0 bridgehead atoms. The summed E-state index contributed by atoms with van der Waals surface area (Å²) in [6.45, 7) is 6.64. The Hall–Kier alpha value is -0.400. The van der Waals surface area contributed by atoms with Gasteiger partial charge in [-0.3, -0.25) is 0 Å². The summed E-state index contributed by atoms with van der Waals surface area (Å²) in [6, 6.07) is 6.08. The minimum absolute atomic E-state index is 0.415. The van der Waals surface area contributed by atoms with Gasteiger partial charge in [0, 0.05) is 6.04 Å². The van der Waals surface area contributed by atoms with Crippen molar-refractivity contribution in [2.45, 2.75) is 39.7 Å². The van der Waals surface area contributed by atoms with Gasteiger partial charge in [0.25, 0.3) is 0 Å². The summed E-state index contributed by atoms with van der Waals surface area (Å²) in [5, 5.41) is 4.60. The molecule has 1 atom stereocenters. The Kier molecular flexibility index (Phi) is 5.43. The second kappa shape index (κ2) is 6.36. The van der Waals surface area contributed by atoms with Crippen LogP contribution >= 0.6 is 23.2 Å². The van der Waals surface area contributed by atoms with Crippen LogP contribution in [0, 0.1) is 5.92 Å². The fourth-order valence-corrected chi connectivity index (χ4v) is 1.89. The number of hydrogen-bond acceptors (Lipinski definition) is 1. The maximum atomic E-state index is 6.11. The Morgan fingerprint density at radius 1 is 1.12 bits per heavy atom. The Labute approximate surface area is 108 Å². The van der Waals surface area contributed by atoms with Crippen LogP contribution in [-0.2, 0) is 0 Å². The maximum Gasteiger partial charge on any atom is 0.0823 e. The van der Waals surface area contributed by atoms with Gasteiger partial charge in [-0.2, -0.15) is 0 Å². The Balaban J connectivity index is 2.56. The molecule has 0 aliphatic heterocycles. The van der Waals surface area contributed by atoms with Crippen LogP contribution in [0.3, 0.4) is 0 Å². The first-order chi connectivity index (χ1) is 7.50. The van der Waals surface area contributed by atoms with Crippen molar-refractivity contribution in [1.29, 1.82) is 0 Å². The van der Waals surface area contributed by atoms with Crippen molar-refractivity contribution in [3.8, 4) is 0 Å². The molecule has 0 radical (unpaired) electrons. The SMILES string of the molecule is CC(C)CCC(C)Nc1cccc(Cl)c1Cl. The highest BCUT2D eigenvalue weighted by molar-refractivity contribution is 6.43. The standard InChI is InChI=1S/C13H19Cl2N/c1-9(2)7-8-10(3)16-12-6-4-5-11(14)13(12)15/h4-6,9-10,16H,7-8H2,1-3H3. The van der Waals surface area contributed by atoms with Crippen LogP contribution in [0.25, 0.3) is 0 Å². The molecule has 1 aromatic carbocycles. The van der Waals surface area contributed by atoms with Crippen LogP contribution < -0.4 is 5.32 Å². The van der Waals surface area contributed by atoms with E-state index in [1.807, 2.05) is 12.1 Å². The van der Waals surface area contributed by atoms with Crippen molar-refractivity contribution in [3.63, 3.8) is 0 Å². The zero-order valence-electron chi connectivity index (χ0n) is 10.1. The van der Waals surface area contributed by atoms with E-state index in [1.165, 1.54) is 6.42 Å². The fourth-order valence-electron chi connectivity index (χ4n) is 1.54. The van der Waals surface area contributed by atoms with Gasteiger partial charge in [-0.05, 0) is 37.8 Å². The zero-order chi connectivity index (χ0) is 12.1. The third-order valence-corrected chi connectivity index (χ3v) is 3.35. The number of hydrogen-bond donors (Lipinski definition) is 1. The Morgan fingerprint density at radius 3 is 2.44 bits per heavy atom. The third kappa shape index (κ3) is 4.23. The van der Waals surface area contributed by atoms with E-state index >= 15 is 0 Å². The Morgan fingerprint density at radius 2 is 1.81 bits per heavy atom. The molecule has 0 aromatic heterocycles. The van der Waals surface area contributed by atoms with Crippen LogP contribution in [0.2, 0.25) is 10.0 Å². The van der Waals surface area contributed by atoms with Crippen molar-refractivity contribution in [2.75, 3.05) is 5.32 Å². The van der Waals surface area contributed by atoms with Crippen LogP contribution in [-0.4, -0.2) is 6.04 Å². The summed E-state index contributed by atoms with van der Waals surface area (Å²) in [7, 11) is 0. The number of rotatable bonds is 5. The lowest BCUT2D eigenvalue weighted by Crippen LogP contribution is -2.16. The lowest BCUT2D eigenvalue weighted by Gasteiger charge is -2.17. The molecule has 1 rings (SSSR count). The van der Waals surface area contributed by atoms with E-state index in [4.69, 9.17) is 23.2 Å². The van der Waals surface area contributed by atoms with Gasteiger partial charge in [-0.25, -0.2) is 0 Å². The van der Waals surface area contributed by atoms with Gasteiger partial charge in [0.1, 0.15) is 0 Å². The summed E-state index contributed by atoms with van der Waals surface area (Å²) in [5.74, 6) is 0.735. The van der Waals surface area contributed by atoms with Gasteiger partial charge in [-0.15, -0.1) is 0 Å². The molecular formula is C13H19Cl2N. The molecule has 1 aromatic rings. The van der Waals surface area contributed by atoms with Crippen molar-refractivity contribution in [3.05, 3.63) is 28.2 Å². The van der Waals surface area contributed by atoms with E-state index in [-0.39, 0.29) is 0 Å². The smallest absolute Gasteiger partial charge is 0.0823 e. The zero-order valence-corrected chi connectivity index (χ0v) is 11.6. The molecule has 0 saturated heterocycles. The van der Waals surface area contributed by atoms with E-state index in [2.05, 4.69) is 26.1 Å². The first-order valence-corrected chi connectivity index (χ1v) is 6.47. The second-order valence-electron chi connectivity index (χ2n) is 4.62. The highest BCUT2D eigenvalue weighted by Gasteiger charge is 2.08. The fraction of sp³-hybridized carbons (Fsp3) is 0.538. The normalized spacial score (nSPS) is 12.9. The van der Waals surface area contributed by atoms with Crippen molar-refractivity contribution >= 4 is 28.9 Å². The van der Waals surface area contributed by atoms with Crippen molar-refractivity contribution < 1.29 is 0 Å². The van der Waals surface area contributed by atoms with E-state index in [1.54, 1.807) is 6.07 Å². The molecule has 16 heavy (non-hydrogen) atoms. The first kappa shape index (κ1) is 13.7. The highest BCUT2D eigenvalue weighted by Crippen LogP contribution is 2.30. The second-order valence-corrected chi connectivity index (χ2v) is 5.40. The van der Waals surface area contributed by atoms with Crippen LogP contribution in [0.1, 0.15) is 33.6 Å². The van der Waals surface area contributed by atoms with Gasteiger partial charge in [0.15, 0.2) is 0 Å². The molecule has 3 heteroatoms. The molecule has 0 aliphatic carbocycles. The van der Waals surface area contributed by atoms with Gasteiger partial charge < -0.3 is 5.32 Å². The molecular weight excluding hydrogens is 241 g/mol. The van der Waals surface area contributed by atoms with E-state index in [0.717, 1.165) is 18.0 Å². The first-order valence-electron chi connectivity index (χ1n) is 5.71. The minimum atomic E-state index is 0.415. The highest BCUT2D eigenvalue weighted by atomic mass is 35.5. The van der Waals surface area contributed by atoms with Crippen LogP contribution in [0.15, 0.2) is 18.2 Å². The van der Waals surface area contributed by atoms with Gasteiger partial charge in [0.2, 0.25) is 0 Å². The molecule has 0 spiro atoms. The molecule has 1 N–H and O–H groups in total. The molecule has 1 unspecified atom stereocenters. The lowest BCUT2D eigenvalue weighted by atomic mass is 10.0. The predicted molar refractivity (Wildman–Crippen MR) is 73.6 cm³/mol. The molecule has 0 fully saturated rings. The minimum Gasteiger partial charge on any atom is -0.381 e. The average Bonchev–Trinajstić information content (AvgIpc) is 2.22. The average molecular weight is 260 g/mol. The quantitative estimate of drug-likeness (QED) is 0.764. The molecule has 0 aliphatic rings. The summed E-state index contributed by atoms with van der Waals surface area (Å²) in [6.07, 6.45) is 2.35. The van der Waals surface area contributed by atoms with E-state index in [9.17, 15) is 0 Å². The third-order valence-electron chi connectivity index (χ3n) is 2.53. The monoisotopic (exact) mass is 259 g/mol. The maximum absolute atomic E-state index is 6.11. The lowest BCUT2D eigenvalue weighted by molar-refractivity contribution is 0.528. The van der Waals surface area contributed by atoms with Crippen LogP contribution in [0.5, 0.6) is 0 Å². The van der Waals surface area contributed by atoms with Gasteiger partial charge in [-0.1, -0.05) is 43.1 Å². The van der Waals surface area contributed by atoms with E-state index in [0.29, 0.717) is 16.1 Å². The number of anilines is 1. The Bertz CT molecular complexity index is 337. The summed E-state index contributed by atoms with van der Waals surface area (Å²) >= 11 is 12.1. The summed E-state index contributed by atoms with van der Waals surface area (Å²) in [5.41, 5.74) is 0.922. The molecule has 0 saturated carbocycles. The number of benzene rings is 1. The van der Waals surface area contributed by atoms with Crippen molar-refractivity contribution in [1.82, 2.24) is 0 Å². The molecule has 90 valence electrons. The summed E-state index contributed by atoms with van der Waals surface area (Å²) < 4.78 is 0. The van der Waals surface area contributed by atoms with Crippen LogP contribution in [0.4, 0.5) is 5.69 Å². The number of nitrogens with one attached hydrogen (secondary N) is 1. The molecule has 0 heterocycles. The topological polar surface area (TPSA) is 12.0 Å². The molecule has 1 nitrogen and oxygen atoms in total. The van der Waals surface area contributed by atoms with Gasteiger partial charge in [0.05, 0.1) is 15.7 Å². The van der Waals surface area contributed by atoms with Gasteiger partial charge >= 0.3 is 0 Å². The summed E-state index contributed by atoms with van der Waals surface area (Å²) in [4.78, 5) is 0. The largest absolute Gasteiger partial charge is 0.381 e. The van der Waals surface area contributed by atoms with Crippen molar-refractivity contribution in [2.24, 2.45) is 5.92 Å².